The summed E-state index contributed by atoms with van der Waals surface area (Å²) in [5.41, 5.74) is 1.84. The minimum absolute atomic E-state index is 0.188. The second-order valence-corrected chi connectivity index (χ2v) is 4.23. The van der Waals surface area contributed by atoms with Crippen LogP contribution in [0.15, 0.2) is 11.0 Å². The first-order valence-electron chi connectivity index (χ1n) is 5.23. The third-order valence-corrected chi connectivity index (χ3v) is 2.69. The average molecular weight is 219 g/mol. The van der Waals surface area contributed by atoms with Gasteiger partial charge in [-0.05, 0) is 39.1 Å². The van der Waals surface area contributed by atoms with E-state index in [1.807, 2.05) is 45.1 Å². The van der Waals surface area contributed by atoms with Crippen molar-refractivity contribution in [2.75, 3.05) is 20.6 Å². The van der Waals surface area contributed by atoms with Crippen LogP contribution in [0.5, 0.6) is 0 Å². The minimum Gasteiger partial charge on any atom is -0.313 e. The van der Waals surface area contributed by atoms with Crippen molar-refractivity contribution in [3.63, 3.8) is 0 Å². The van der Waals surface area contributed by atoms with Gasteiger partial charge < -0.3 is 9.47 Å². The number of aromatic nitrogens is 1. The van der Waals surface area contributed by atoms with Gasteiger partial charge in [-0.15, -0.1) is 0 Å². The summed E-state index contributed by atoms with van der Waals surface area (Å²) in [7, 11) is 3.91. The molecule has 0 saturated carbocycles. The van der Waals surface area contributed by atoms with Gasteiger partial charge in [0.05, 0.1) is 0 Å². The summed E-state index contributed by atoms with van der Waals surface area (Å²) >= 11 is 0. The van der Waals surface area contributed by atoms with Crippen molar-refractivity contribution >= 4 is 0 Å². The quantitative estimate of drug-likeness (QED) is 0.759. The van der Waals surface area contributed by atoms with E-state index in [2.05, 4.69) is 0 Å². The Morgan fingerprint density at radius 1 is 1.44 bits per heavy atom. The third kappa shape index (κ3) is 2.50. The van der Waals surface area contributed by atoms with Crippen molar-refractivity contribution in [1.29, 1.82) is 5.26 Å². The van der Waals surface area contributed by atoms with Crippen molar-refractivity contribution in [3.05, 3.63) is 33.2 Å². The molecular formula is C12H17N3O. The van der Waals surface area contributed by atoms with Gasteiger partial charge in [0.25, 0.3) is 5.56 Å². The maximum atomic E-state index is 11.9. The predicted octanol–water partition coefficient (Wildman–Crippen LogP) is 0.898. The van der Waals surface area contributed by atoms with E-state index < -0.39 is 0 Å². The van der Waals surface area contributed by atoms with Crippen LogP contribution in [0.3, 0.4) is 0 Å². The molecule has 0 aliphatic carbocycles. The van der Waals surface area contributed by atoms with Crippen molar-refractivity contribution in [1.82, 2.24) is 9.47 Å². The van der Waals surface area contributed by atoms with E-state index >= 15 is 0 Å². The molecule has 1 heterocycles. The van der Waals surface area contributed by atoms with Crippen LogP contribution < -0.4 is 5.56 Å². The highest BCUT2D eigenvalue weighted by molar-refractivity contribution is 5.38. The summed E-state index contributed by atoms with van der Waals surface area (Å²) in [6, 6.07) is 1.99. The first kappa shape index (κ1) is 12.5. The van der Waals surface area contributed by atoms with Crippen LogP contribution in [-0.2, 0) is 6.54 Å². The normalized spacial score (nSPS) is 10.5. The summed E-state index contributed by atoms with van der Waals surface area (Å²) in [6.07, 6.45) is 1.82. The van der Waals surface area contributed by atoms with E-state index in [9.17, 15) is 4.79 Å². The molecule has 0 fully saturated rings. The number of pyridine rings is 1. The lowest BCUT2D eigenvalue weighted by atomic mass is 10.1. The molecule has 0 aromatic carbocycles. The van der Waals surface area contributed by atoms with Gasteiger partial charge in [-0.25, -0.2) is 0 Å². The first-order valence-corrected chi connectivity index (χ1v) is 5.23. The van der Waals surface area contributed by atoms with Gasteiger partial charge in [0, 0.05) is 19.3 Å². The van der Waals surface area contributed by atoms with Crippen LogP contribution in [0, 0.1) is 25.2 Å². The van der Waals surface area contributed by atoms with Gasteiger partial charge in [0.2, 0.25) is 0 Å². The molecule has 0 amide bonds. The summed E-state index contributed by atoms with van der Waals surface area (Å²) in [5.74, 6) is 0. The first-order chi connectivity index (χ1) is 7.47. The number of likely N-dealkylation sites (N-methyl/N-ethyl adjacent to an activating group) is 1. The lowest BCUT2D eigenvalue weighted by Gasteiger charge is -2.13. The van der Waals surface area contributed by atoms with E-state index in [0.29, 0.717) is 6.54 Å². The van der Waals surface area contributed by atoms with Crippen LogP contribution in [0.2, 0.25) is 0 Å². The molecule has 0 aliphatic heterocycles. The van der Waals surface area contributed by atoms with Crippen LogP contribution >= 0.6 is 0 Å². The summed E-state index contributed by atoms with van der Waals surface area (Å²) in [5, 5.41) is 8.95. The zero-order chi connectivity index (χ0) is 12.3. The van der Waals surface area contributed by atoms with Crippen LogP contribution in [0.25, 0.3) is 0 Å². The van der Waals surface area contributed by atoms with Gasteiger partial charge in [-0.2, -0.15) is 5.26 Å². The molecular weight excluding hydrogens is 202 g/mol. The third-order valence-electron chi connectivity index (χ3n) is 2.69. The van der Waals surface area contributed by atoms with Crippen molar-refractivity contribution in [2.45, 2.75) is 20.4 Å². The SMILES string of the molecule is Cc1cn(CCN(C)C)c(=O)c(C#N)c1C. The Morgan fingerprint density at radius 3 is 2.56 bits per heavy atom. The molecule has 1 rings (SSSR count). The molecule has 0 saturated heterocycles. The number of hydrogen-bond donors (Lipinski definition) is 0. The van der Waals surface area contributed by atoms with Crippen molar-refractivity contribution in [3.8, 4) is 6.07 Å². The highest BCUT2D eigenvalue weighted by Gasteiger charge is 2.09. The van der Waals surface area contributed by atoms with E-state index in [0.717, 1.165) is 17.7 Å². The second kappa shape index (κ2) is 4.95. The van der Waals surface area contributed by atoms with E-state index in [1.54, 1.807) is 4.57 Å². The van der Waals surface area contributed by atoms with Crippen LogP contribution in [-0.4, -0.2) is 30.1 Å². The lowest BCUT2D eigenvalue weighted by Crippen LogP contribution is -2.28. The zero-order valence-electron chi connectivity index (χ0n) is 10.2. The number of aryl methyl sites for hydroxylation is 1. The number of hydrogen-bond acceptors (Lipinski definition) is 3. The van der Waals surface area contributed by atoms with Crippen molar-refractivity contribution < 1.29 is 0 Å². The molecule has 0 bridgehead atoms. The van der Waals surface area contributed by atoms with Gasteiger partial charge in [0.15, 0.2) is 0 Å². The largest absolute Gasteiger partial charge is 0.313 e. The Hall–Kier alpha value is -1.60. The average Bonchev–Trinajstić information content (AvgIpc) is 2.22. The number of nitrogens with zero attached hydrogens (tertiary/aromatic N) is 3. The maximum absolute atomic E-state index is 11.9. The monoisotopic (exact) mass is 219 g/mol. The number of nitriles is 1. The summed E-state index contributed by atoms with van der Waals surface area (Å²) in [4.78, 5) is 13.9. The molecule has 4 nitrogen and oxygen atoms in total. The van der Waals surface area contributed by atoms with Gasteiger partial charge in [-0.3, -0.25) is 4.79 Å². The van der Waals surface area contributed by atoms with Gasteiger partial charge in [0.1, 0.15) is 11.6 Å². The molecule has 0 aliphatic rings. The van der Waals surface area contributed by atoms with Crippen LogP contribution in [0.1, 0.15) is 16.7 Å². The summed E-state index contributed by atoms with van der Waals surface area (Å²) in [6.45, 7) is 5.13. The van der Waals surface area contributed by atoms with Gasteiger partial charge in [-0.1, -0.05) is 0 Å². The molecule has 86 valence electrons. The molecule has 16 heavy (non-hydrogen) atoms. The molecule has 0 atom stereocenters. The molecule has 0 radical (unpaired) electrons. The van der Waals surface area contributed by atoms with E-state index in [4.69, 9.17) is 5.26 Å². The fourth-order valence-electron chi connectivity index (χ4n) is 1.50. The Kier molecular flexibility index (Phi) is 3.86. The Morgan fingerprint density at radius 2 is 2.06 bits per heavy atom. The molecule has 1 aromatic heterocycles. The summed E-state index contributed by atoms with van der Waals surface area (Å²) < 4.78 is 1.61. The second-order valence-electron chi connectivity index (χ2n) is 4.23. The standard InChI is InChI=1S/C12H17N3O/c1-9-8-15(6-5-14(3)4)12(16)11(7-13)10(9)2/h8H,5-6H2,1-4H3. The molecule has 4 heteroatoms. The highest BCUT2D eigenvalue weighted by Crippen LogP contribution is 2.07. The molecule has 0 spiro atoms. The zero-order valence-corrected chi connectivity index (χ0v) is 10.2. The van der Waals surface area contributed by atoms with E-state index in [-0.39, 0.29) is 11.1 Å². The highest BCUT2D eigenvalue weighted by atomic mass is 16.1. The van der Waals surface area contributed by atoms with Crippen LogP contribution in [0.4, 0.5) is 0 Å². The minimum atomic E-state index is -0.188. The molecule has 0 unspecified atom stereocenters. The smallest absolute Gasteiger partial charge is 0.268 e. The number of rotatable bonds is 3. The topological polar surface area (TPSA) is 49.0 Å². The fourth-order valence-corrected chi connectivity index (χ4v) is 1.50. The predicted molar refractivity (Wildman–Crippen MR) is 63.4 cm³/mol. The Labute approximate surface area is 95.7 Å². The lowest BCUT2D eigenvalue weighted by molar-refractivity contribution is 0.380. The Bertz CT molecular complexity index is 480. The van der Waals surface area contributed by atoms with Gasteiger partial charge >= 0.3 is 0 Å². The molecule has 0 N–H and O–H groups in total. The van der Waals surface area contributed by atoms with E-state index in [1.165, 1.54) is 0 Å². The van der Waals surface area contributed by atoms with Crippen molar-refractivity contribution in [2.24, 2.45) is 0 Å². The molecule has 1 aromatic rings. The maximum Gasteiger partial charge on any atom is 0.268 e. The fraction of sp³-hybridized carbons (Fsp3) is 0.500. The Balaban J connectivity index is 3.18.